The van der Waals surface area contributed by atoms with Crippen molar-refractivity contribution in [1.29, 1.82) is 0 Å². The SMILES string of the molecule is C[C@@H]1CN(C(=O)C(N)c2cnn(C)c2)C[C@H](C)O1. The molecule has 0 bridgehead atoms. The highest BCUT2D eigenvalue weighted by atomic mass is 16.5. The van der Waals surface area contributed by atoms with Crippen LogP contribution in [0.2, 0.25) is 0 Å². The monoisotopic (exact) mass is 252 g/mol. The van der Waals surface area contributed by atoms with Crippen LogP contribution in [0.5, 0.6) is 0 Å². The molecule has 3 atom stereocenters. The van der Waals surface area contributed by atoms with E-state index in [0.717, 1.165) is 5.56 Å². The molecule has 100 valence electrons. The number of hydrogen-bond acceptors (Lipinski definition) is 4. The van der Waals surface area contributed by atoms with E-state index in [1.165, 1.54) is 0 Å². The van der Waals surface area contributed by atoms with Gasteiger partial charge < -0.3 is 15.4 Å². The Balaban J connectivity index is 2.06. The molecule has 2 rings (SSSR count). The number of carbonyl (C=O) groups excluding carboxylic acids is 1. The first-order valence-electron chi connectivity index (χ1n) is 6.15. The summed E-state index contributed by atoms with van der Waals surface area (Å²) in [6, 6.07) is -0.642. The van der Waals surface area contributed by atoms with Gasteiger partial charge in [0.1, 0.15) is 6.04 Å². The van der Waals surface area contributed by atoms with Crippen LogP contribution in [0.25, 0.3) is 0 Å². The summed E-state index contributed by atoms with van der Waals surface area (Å²) < 4.78 is 7.25. The van der Waals surface area contributed by atoms with Crippen LogP contribution in [-0.4, -0.2) is 45.9 Å². The first-order chi connectivity index (χ1) is 8.47. The van der Waals surface area contributed by atoms with Crippen LogP contribution >= 0.6 is 0 Å². The van der Waals surface area contributed by atoms with E-state index in [1.807, 2.05) is 13.8 Å². The van der Waals surface area contributed by atoms with Crippen LogP contribution in [-0.2, 0) is 16.6 Å². The van der Waals surface area contributed by atoms with Crippen molar-refractivity contribution in [2.24, 2.45) is 12.8 Å². The summed E-state index contributed by atoms with van der Waals surface area (Å²) in [5, 5.41) is 4.04. The average Bonchev–Trinajstić information content (AvgIpc) is 2.72. The summed E-state index contributed by atoms with van der Waals surface area (Å²) in [6.45, 7) is 5.12. The highest BCUT2D eigenvalue weighted by Crippen LogP contribution is 2.17. The third-order valence-corrected chi connectivity index (χ3v) is 3.08. The number of rotatable bonds is 2. The second-order valence-electron chi connectivity index (χ2n) is 4.93. The summed E-state index contributed by atoms with van der Waals surface area (Å²) in [7, 11) is 1.81. The quantitative estimate of drug-likeness (QED) is 0.807. The third-order valence-electron chi connectivity index (χ3n) is 3.08. The summed E-state index contributed by atoms with van der Waals surface area (Å²) in [5.74, 6) is -0.0648. The number of ether oxygens (including phenoxy) is 1. The average molecular weight is 252 g/mol. The maximum atomic E-state index is 12.3. The van der Waals surface area contributed by atoms with E-state index in [0.29, 0.717) is 13.1 Å². The second-order valence-corrected chi connectivity index (χ2v) is 4.93. The van der Waals surface area contributed by atoms with Crippen molar-refractivity contribution < 1.29 is 9.53 Å². The van der Waals surface area contributed by atoms with Crippen LogP contribution in [0.1, 0.15) is 25.5 Å². The minimum absolute atomic E-state index is 0.0544. The van der Waals surface area contributed by atoms with E-state index >= 15 is 0 Å². The fraction of sp³-hybridized carbons (Fsp3) is 0.667. The van der Waals surface area contributed by atoms with E-state index in [9.17, 15) is 4.79 Å². The van der Waals surface area contributed by atoms with Crippen LogP contribution in [0.3, 0.4) is 0 Å². The molecule has 1 unspecified atom stereocenters. The van der Waals surface area contributed by atoms with Crippen molar-refractivity contribution in [3.63, 3.8) is 0 Å². The highest BCUT2D eigenvalue weighted by molar-refractivity contribution is 5.83. The van der Waals surface area contributed by atoms with Gasteiger partial charge in [-0.25, -0.2) is 0 Å². The number of hydrogen-bond donors (Lipinski definition) is 1. The minimum Gasteiger partial charge on any atom is -0.372 e. The molecule has 0 aliphatic carbocycles. The van der Waals surface area contributed by atoms with E-state index in [4.69, 9.17) is 10.5 Å². The van der Waals surface area contributed by atoms with Gasteiger partial charge in [-0.15, -0.1) is 0 Å². The number of nitrogens with two attached hydrogens (primary N) is 1. The molecule has 1 saturated heterocycles. The van der Waals surface area contributed by atoms with Gasteiger partial charge in [0.2, 0.25) is 5.91 Å². The molecule has 1 aromatic heterocycles. The number of amides is 1. The van der Waals surface area contributed by atoms with Crippen LogP contribution in [0, 0.1) is 0 Å². The molecule has 1 aliphatic heterocycles. The molecule has 18 heavy (non-hydrogen) atoms. The van der Waals surface area contributed by atoms with Crippen molar-refractivity contribution in [2.75, 3.05) is 13.1 Å². The molecule has 6 nitrogen and oxygen atoms in total. The zero-order chi connectivity index (χ0) is 13.3. The van der Waals surface area contributed by atoms with Gasteiger partial charge in [-0.3, -0.25) is 9.48 Å². The predicted octanol–water partition coefficient (Wildman–Crippen LogP) is 0.0557. The maximum absolute atomic E-state index is 12.3. The maximum Gasteiger partial charge on any atom is 0.244 e. The lowest BCUT2D eigenvalue weighted by atomic mass is 10.1. The Morgan fingerprint density at radius 2 is 2.11 bits per heavy atom. The molecule has 1 amide bonds. The standard InChI is InChI=1S/C12H20N4O2/c1-8-5-16(6-9(2)18-8)12(17)11(13)10-4-14-15(3)7-10/h4,7-9,11H,5-6,13H2,1-3H3/t8-,9+,11?. The third kappa shape index (κ3) is 2.70. The lowest BCUT2D eigenvalue weighted by molar-refractivity contribution is -0.144. The lowest BCUT2D eigenvalue weighted by Crippen LogP contribution is -2.50. The first kappa shape index (κ1) is 13.0. The molecule has 6 heteroatoms. The Bertz CT molecular complexity index is 421. The molecule has 1 aliphatic rings. The highest BCUT2D eigenvalue weighted by Gasteiger charge is 2.30. The van der Waals surface area contributed by atoms with Crippen molar-refractivity contribution in [3.8, 4) is 0 Å². The van der Waals surface area contributed by atoms with Crippen LogP contribution in [0.4, 0.5) is 0 Å². The van der Waals surface area contributed by atoms with Crippen molar-refractivity contribution >= 4 is 5.91 Å². The van der Waals surface area contributed by atoms with Gasteiger partial charge in [0.15, 0.2) is 0 Å². The Morgan fingerprint density at radius 3 is 2.61 bits per heavy atom. The molecule has 0 radical (unpaired) electrons. The molecule has 1 fully saturated rings. The molecule has 2 heterocycles. The minimum atomic E-state index is -0.642. The predicted molar refractivity (Wildman–Crippen MR) is 66.7 cm³/mol. The fourth-order valence-corrected chi connectivity index (χ4v) is 2.30. The molecule has 1 aromatic rings. The Kier molecular flexibility index (Phi) is 3.68. The summed E-state index contributed by atoms with van der Waals surface area (Å²) in [6.07, 6.45) is 3.52. The Hall–Kier alpha value is -1.40. The van der Waals surface area contributed by atoms with Crippen molar-refractivity contribution in [1.82, 2.24) is 14.7 Å². The Morgan fingerprint density at radius 1 is 1.50 bits per heavy atom. The van der Waals surface area contributed by atoms with Gasteiger partial charge in [-0.1, -0.05) is 0 Å². The normalized spacial score (nSPS) is 26.1. The molecule has 0 aromatic carbocycles. The summed E-state index contributed by atoms with van der Waals surface area (Å²) >= 11 is 0. The first-order valence-corrected chi connectivity index (χ1v) is 6.15. The fourth-order valence-electron chi connectivity index (χ4n) is 2.30. The van der Waals surface area contributed by atoms with Crippen LogP contribution in [0.15, 0.2) is 12.4 Å². The molecular weight excluding hydrogens is 232 g/mol. The van der Waals surface area contributed by atoms with Crippen molar-refractivity contribution in [2.45, 2.75) is 32.1 Å². The smallest absolute Gasteiger partial charge is 0.244 e. The molecular formula is C12H20N4O2. The second kappa shape index (κ2) is 5.07. The number of aryl methyl sites for hydroxylation is 1. The van der Waals surface area contributed by atoms with E-state index in [2.05, 4.69) is 5.10 Å². The van der Waals surface area contributed by atoms with Gasteiger partial charge in [-0.05, 0) is 13.8 Å². The van der Waals surface area contributed by atoms with Gasteiger partial charge in [0, 0.05) is 31.9 Å². The lowest BCUT2D eigenvalue weighted by Gasteiger charge is -2.36. The molecule has 0 saturated carbocycles. The van der Waals surface area contributed by atoms with Gasteiger partial charge in [0.25, 0.3) is 0 Å². The van der Waals surface area contributed by atoms with Crippen molar-refractivity contribution in [3.05, 3.63) is 18.0 Å². The molecule has 2 N–H and O–H groups in total. The van der Waals surface area contributed by atoms with Crippen LogP contribution < -0.4 is 5.73 Å². The number of morpholine rings is 1. The molecule has 0 spiro atoms. The topological polar surface area (TPSA) is 73.4 Å². The number of carbonyl (C=O) groups is 1. The zero-order valence-corrected chi connectivity index (χ0v) is 11.0. The van der Waals surface area contributed by atoms with Gasteiger partial charge >= 0.3 is 0 Å². The summed E-state index contributed by atoms with van der Waals surface area (Å²) in [5.41, 5.74) is 6.73. The van der Waals surface area contributed by atoms with E-state index in [1.54, 1.807) is 29.0 Å². The number of aromatic nitrogens is 2. The zero-order valence-electron chi connectivity index (χ0n) is 11.0. The van der Waals surface area contributed by atoms with Gasteiger partial charge in [0.05, 0.1) is 18.4 Å². The van der Waals surface area contributed by atoms with E-state index < -0.39 is 6.04 Å². The Labute approximate surface area is 107 Å². The van der Waals surface area contributed by atoms with Gasteiger partial charge in [-0.2, -0.15) is 5.10 Å². The summed E-state index contributed by atoms with van der Waals surface area (Å²) in [4.78, 5) is 14.1. The largest absolute Gasteiger partial charge is 0.372 e. The van der Waals surface area contributed by atoms with E-state index in [-0.39, 0.29) is 18.1 Å². The number of nitrogens with zero attached hydrogens (tertiary/aromatic N) is 3.